The van der Waals surface area contributed by atoms with Gasteiger partial charge in [-0.05, 0) is 75.2 Å². The van der Waals surface area contributed by atoms with Crippen molar-refractivity contribution < 1.29 is 18.6 Å². The molecule has 0 aromatic rings. The van der Waals surface area contributed by atoms with Crippen LogP contribution in [0.2, 0.25) is 0 Å². The summed E-state index contributed by atoms with van der Waals surface area (Å²) >= 11 is 0. The Morgan fingerprint density at radius 1 is 1.38 bits per heavy atom. The van der Waals surface area contributed by atoms with E-state index in [9.17, 15) is 13.9 Å². The number of allylic oxidation sites excluding steroid dienone is 3. The van der Waals surface area contributed by atoms with E-state index in [1.165, 1.54) is 37.7 Å². The van der Waals surface area contributed by atoms with Gasteiger partial charge in [0.15, 0.2) is 0 Å². The van der Waals surface area contributed by atoms with Gasteiger partial charge >= 0.3 is 0 Å². The molecule has 182 valence electrons. The molecule has 1 aliphatic heterocycles. The summed E-state index contributed by atoms with van der Waals surface area (Å²) in [5.41, 5.74) is 3.19. The SMILES string of the molecule is C=CC(O)C/C(=C\C=C1/CCC[C@@]2(C)C1CC[C@@H]2CCN1CCOC(C(F)F)C1)CCC. The zero-order chi connectivity index (χ0) is 23.1. The van der Waals surface area contributed by atoms with Gasteiger partial charge in [-0.25, -0.2) is 8.78 Å². The van der Waals surface area contributed by atoms with Crippen molar-refractivity contribution in [3.05, 3.63) is 36.0 Å². The summed E-state index contributed by atoms with van der Waals surface area (Å²) in [5.74, 6) is 1.29. The summed E-state index contributed by atoms with van der Waals surface area (Å²) in [6.45, 7) is 10.8. The largest absolute Gasteiger partial charge is 0.389 e. The molecule has 1 heterocycles. The molecule has 0 radical (unpaired) electrons. The summed E-state index contributed by atoms with van der Waals surface area (Å²) in [7, 11) is 0. The molecule has 32 heavy (non-hydrogen) atoms. The first-order valence-corrected chi connectivity index (χ1v) is 12.7. The molecule has 0 amide bonds. The van der Waals surface area contributed by atoms with Gasteiger partial charge in [0.2, 0.25) is 0 Å². The van der Waals surface area contributed by atoms with E-state index in [1.54, 1.807) is 11.6 Å². The summed E-state index contributed by atoms with van der Waals surface area (Å²) in [5, 5.41) is 10.00. The van der Waals surface area contributed by atoms with Crippen LogP contribution in [0.4, 0.5) is 8.78 Å². The monoisotopic (exact) mass is 451 g/mol. The van der Waals surface area contributed by atoms with Gasteiger partial charge in [0.25, 0.3) is 6.43 Å². The first-order chi connectivity index (χ1) is 15.4. The van der Waals surface area contributed by atoms with Crippen molar-refractivity contribution in [1.82, 2.24) is 4.90 Å². The summed E-state index contributed by atoms with van der Waals surface area (Å²) in [4.78, 5) is 2.18. The number of aliphatic hydroxyl groups is 1. The lowest BCUT2D eigenvalue weighted by Crippen LogP contribution is -2.46. The van der Waals surface area contributed by atoms with E-state index in [0.717, 1.165) is 32.4 Å². The molecule has 0 aromatic heterocycles. The predicted molar refractivity (Wildman–Crippen MR) is 127 cm³/mol. The van der Waals surface area contributed by atoms with Gasteiger partial charge in [-0.1, -0.05) is 49.6 Å². The minimum Gasteiger partial charge on any atom is -0.389 e. The lowest BCUT2D eigenvalue weighted by molar-refractivity contribution is -0.103. The maximum Gasteiger partial charge on any atom is 0.265 e. The van der Waals surface area contributed by atoms with Crippen molar-refractivity contribution in [3.63, 3.8) is 0 Å². The Hall–Kier alpha value is -1.04. The molecule has 0 bridgehead atoms. The fraction of sp³-hybridized carbons (Fsp3) is 0.778. The summed E-state index contributed by atoms with van der Waals surface area (Å²) < 4.78 is 31.3. The molecule has 5 heteroatoms. The highest BCUT2D eigenvalue weighted by Gasteiger charge is 2.48. The molecule has 3 fully saturated rings. The van der Waals surface area contributed by atoms with Crippen molar-refractivity contribution in [3.8, 4) is 0 Å². The van der Waals surface area contributed by atoms with Crippen molar-refractivity contribution >= 4 is 0 Å². The van der Waals surface area contributed by atoms with Gasteiger partial charge in [0.1, 0.15) is 6.10 Å². The average molecular weight is 452 g/mol. The van der Waals surface area contributed by atoms with Gasteiger partial charge in [-0.3, -0.25) is 4.90 Å². The van der Waals surface area contributed by atoms with Gasteiger partial charge in [-0.2, -0.15) is 0 Å². The van der Waals surface area contributed by atoms with Crippen molar-refractivity contribution in [2.24, 2.45) is 17.3 Å². The maximum absolute atomic E-state index is 13.0. The number of aliphatic hydroxyl groups excluding tert-OH is 1. The Morgan fingerprint density at radius 2 is 2.19 bits per heavy atom. The topological polar surface area (TPSA) is 32.7 Å². The Morgan fingerprint density at radius 3 is 2.91 bits per heavy atom. The zero-order valence-corrected chi connectivity index (χ0v) is 20.1. The first-order valence-electron chi connectivity index (χ1n) is 12.7. The number of morpholine rings is 1. The molecule has 3 rings (SSSR count). The normalized spacial score (nSPS) is 34.1. The van der Waals surface area contributed by atoms with Crippen LogP contribution in [0.5, 0.6) is 0 Å². The number of nitrogens with zero attached hydrogens (tertiary/aromatic N) is 1. The van der Waals surface area contributed by atoms with Crippen LogP contribution in [0.3, 0.4) is 0 Å². The van der Waals surface area contributed by atoms with E-state index < -0.39 is 18.6 Å². The number of halogens is 2. The van der Waals surface area contributed by atoms with Gasteiger partial charge in [-0.15, -0.1) is 6.58 Å². The third-order valence-corrected chi connectivity index (χ3v) is 8.26. The number of hydrogen-bond acceptors (Lipinski definition) is 3. The fourth-order valence-corrected chi connectivity index (χ4v) is 6.40. The Bertz CT molecular complexity index is 677. The molecule has 0 spiro atoms. The first kappa shape index (κ1) is 25.6. The molecular weight excluding hydrogens is 408 g/mol. The van der Waals surface area contributed by atoms with Crippen LogP contribution in [-0.4, -0.2) is 54.9 Å². The molecule has 2 saturated carbocycles. The van der Waals surface area contributed by atoms with Crippen LogP contribution in [0.25, 0.3) is 0 Å². The highest BCUT2D eigenvalue weighted by atomic mass is 19.3. The highest BCUT2D eigenvalue weighted by molar-refractivity contribution is 5.25. The average Bonchev–Trinajstić information content (AvgIpc) is 3.12. The third kappa shape index (κ3) is 6.30. The van der Waals surface area contributed by atoms with E-state index in [0.29, 0.717) is 36.8 Å². The van der Waals surface area contributed by atoms with Crippen molar-refractivity contribution in [1.29, 1.82) is 0 Å². The Kier molecular flexibility index (Phi) is 9.51. The lowest BCUT2D eigenvalue weighted by atomic mass is 9.63. The van der Waals surface area contributed by atoms with Crippen LogP contribution < -0.4 is 0 Å². The summed E-state index contributed by atoms with van der Waals surface area (Å²) in [6.07, 6.45) is 12.5. The third-order valence-electron chi connectivity index (χ3n) is 8.26. The molecule has 2 aliphatic carbocycles. The minimum atomic E-state index is -2.39. The molecule has 3 aliphatic rings. The van der Waals surface area contributed by atoms with Crippen LogP contribution in [0.1, 0.15) is 71.6 Å². The molecule has 1 N–H and O–H groups in total. The fourth-order valence-electron chi connectivity index (χ4n) is 6.40. The van der Waals surface area contributed by atoms with Crippen LogP contribution >= 0.6 is 0 Å². The van der Waals surface area contributed by atoms with Crippen molar-refractivity contribution in [2.75, 3.05) is 26.2 Å². The predicted octanol–water partition coefficient (Wildman–Crippen LogP) is 6.15. The maximum atomic E-state index is 13.0. The second-order valence-corrected chi connectivity index (χ2v) is 10.3. The summed E-state index contributed by atoms with van der Waals surface area (Å²) in [6, 6.07) is 0. The second-order valence-electron chi connectivity index (χ2n) is 10.3. The minimum absolute atomic E-state index is 0.317. The number of ether oxygens (including phenoxy) is 1. The number of rotatable bonds is 10. The Labute approximate surface area is 193 Å². The smallest absolute Gasteiger partial charge is 0.265 e. The molecule has 1 saturated heterocycles. The molecular formula is C27H43F2NO2. The van der Waals surface area contributed by atoms with E-state index in [1.807, 2.05) is 0 Å². The zero-order valence-electron chi connectivity index (χ0n) is 20.1. The molecule has 5 atom stereocenters. The van der Waals surface area contributed by atoms with E-state index >= 15 is 0 Å². The highest BCUT2D eigenvalue weighted by Crippen LogP contribution is 2.58. The van der Waals surface area contributed by atoms with E-state index in [2.05, 4.69) is 37.5 Å². The Balaban J connectivity index is 1.63. The van der Waals surface area contributed by atoms with Crippen LogP contribution in [0.15, 0.2) is 36.0 Å². The molecule has 0 aromatic carbocycles. The van der Waals surface area contributed by atoms with Gasteiger partial charge < -0.3 is 9.84 Å². The lowest BCUT2D eigenvalue weighted by Gasteiger charge is -2.43. The quantitative estimate of drug-likeness (QED) is 0.405. The van der Waals surface area contributed by atoms with Crippen LogP contribution in [0, 0.1) is 17.3 Å². The number of fused-ring (bicyclic) bond motifs is 1. The van der Waals surface area contributed by atoms with E-state index in [-0.39, 0.29) is 0 Å². The standard InChI is InChI=1S/C27H43F2NO2/c1-4-7-20(18-23(31)5-2)9-10-21-8-6-14-27(3)22(11-12-24(21)27)13-15-30-16-17-32-25(19-30)26(28)29/h5,9-10,22-26,31H,2,4,6-8,11-19H2,1,3H3/b20-9-,21-10+/t22-,23?,24?,25?,27-/m1/s1. The second kappa shape index (κ2) is 11.9. The van der Waals surface area contributed by atoms with Crippen molar-refractivity contribution in [2.45, 2.75) is 90.3 Å². The van der Waals surface area contributed by atoms with Crippen LogP contribution in [-0.2, 0) is 4.74 Å². The van der Waals surface area contributed by atoms with E-state index in [4.69, 9.17) is 4.74 Å². The number of hydrogen-bond donors (Lipinski definition) is 1. The van der Waals surface area contributed by atoms with Gasteiger partial charge in [0, 0.05) is 13.1 Å². The number of alkyl halides is 2. The molecule has 3 nitrogen and oxygen atoms in total. The molecule has 3 unspecified atom stereocenters. The van der Waals surface area contributed by atoms with Gasteiger partial charge in [0.05, 0.1) is 12.7 Å².